The van der Waals surface area contributed by atoms with Crippen LogP contribution in [-0.2, 0) is 11.0 Å². The Hall–Kier alpha value is -2.49. The van der Waals surface area contributed by atoms with Crippen LogP contribution in [0.2, 0.25) is 0 Å². The minimum Gasteiger partial charge on any atom is -0.491 e. The van der Waals surface area contributed by atoms with Gasteiger partial charge in [0.25, 0.3) is 0 Å². The highest BCUT2D eigenvalue weighted by Gasteiger charge is 2.30. The second-order valence-corrected chi connectivity index (χ2v) is 7.03. The van der Waals surface area contributed by atoms with Gasteiger partial charge in [-0.25, -0.2) is 0 Å². The number of ether oxygens (including phenoxy) is 1. The Morgan fingerprint density at radius 2 is 2.03 bits per heavy atom. The van der Waals surface area contributed by atoms with Crippen LogP contribution in [0.4, 0.5) is 13.2 Å². The van der Waals surface area contributed by atoms with Crippen LogP contribution >= 0.6 is 0 Å². The molecule has 2 atom stereocenters. The van der Waals surface area contributed by atoms with E-state index in [1.807, 2.05) is 18.7 Å². The highest BCUT2D eigenvalue weighted by Crippen LogP contribution is 2.30. The lowest BCUT2D eigenvalue weighted by molar-refractivity contribution is -0.137. The summed E-state index contributed by atoms with van der Waals surface area (Å²) in [5.74, 6) is 0.890. The smallest absolute Gasteiger partial charge is 0.416 e. The van der Waals surface area contributed by atoms with Crippen LogP contribution < -0.4 is 15.4 Å². The summed E-state index contributed by atoms with van der Waals surface area (Å²) in [5, 5.41) is 16.5. The van der Waals surface area contributed by atoms with Crippen molar-refractivity contribution in [3.8, 4) is 5.75 Å². The molecule has 0 aliphatic carbocycles. The van der Waals surface area contributed by atoms with Crippen LogP contribution in [0.15, 0.2) is 29.3 Å². The van der Waals surface area contributed by atoms with Crippen molar-refractivity contribution >= 4 is 11.9 Å². The van der Waals surface area contributed by atoms with Crippen LogP contribution in [0, 0.1) is 0 Å². The number of nitrogens with zero attached hydrogens (tertiary/aromatic N) is 2. The molecule has 0 saturated carbocycles. The molecule has 1 aliphatic heterocycles. The van der Waals surface area contributed by atoms with E-state index in [4.69, 9.17) is 4.74 Å². The first-order chi connectivity index (χ1) is 14.2. The fourth-order valence-electron chi connectivity index (χ4n) is 3.02. The second kappa shape index (κ2) is 11.1. The van der Waals surface area contributed by atoms with Crippen molar-refractivity contribution in [2.24, 2.45) is 4.99 Å². The standard InChI is InChI=1S/C20H29F3N4O3/c1-3-18(29)27-10-9-15(12-27)26-19(24-4-2)25-11-16(28)13-30-17-7-5-14(6-8-17)20(21,22)23/h5-8,15-16,28H,3-4,9-13H2,1-2H3,(H2,24,25,26). The van der Waals surface area contributed by atoms with Gasteiger partial charge in [-0.3, -0.25) is 9.79 Å². The van der Waals surface area contributed by atoms with E-state index in [1.54, 1.807) is 0 Å². The number of benzene rings is 1. The highest BCUT2D eigenvalue weighted by atomic mass is 19.4. The van der Waals surface area contributed by atoms with Gasteiger partial charge in [0.15, 0.2) is 5.96 Å². The number of carbonyl (C=O) groups is 1. The lowest BCUT2D eigenvalue weighted by Crippen LogP contribution is -2.45. The van der Waals surface area contributed by atoms with Crippen molar-refractivity contribution in [2.45, 2.75) is 45.0 Å². The molecular formula is C20H29F3N4O3. The fourth-order valence-corrected chi connectivity index (χ4v) is 3.02. The number of nitrogens with one attached hydrogen (secondary N) is 2. The van der Waals surface area contributed by atoms with E-state index in [1.165, 1.54) is 12.1 Å². The van der Waals surface area contributed by atoms with E-state index in [-0.39, 0.29) is 30.9 Å². The van der Waals surface area contributed by atoms with Gasteiger partial charge in [0, 0.05) is 32.1 Å². The lowest BCUT2D eigenvalue weighted by atomic mass is 10.2. The molecule has 1 amide bonds. The Morgan fingerprint density at radius 1 is 1.33 bits per heavy atom. The highest BCUT2D eigenvalue weighted by molar-refractivity contribution is 5.80. The van der Waals surface area contributed by atoms with Crippen molar-refractivity contribution in [1.29, 1.82) is 0 Å². The molecule has 1 heterocycles. The van der Waals surface area contributed by atoms with E-state index in [0.717, 1.165) is 18.6 Å². The number of likely N-dealkylation sites (tertiary alicyclic amines) is 1. The van der Waals surface area contributed by atoms with Gasteiger partial charge in [0.05, 0.1) is 12.1 Å². The molecule has 1 aromatic carbocycles. The number of carbonyl (C=O) groups excluding carboxylic acids is 1. The molecule has 1 aromatic rings. The summed E-state index contributed by atoms with van der Waals surface area (Å²) in [7, 11) is 0. The van der Waals surface area contributed by atoms with Crippen molar-refractivity contribution in [3.05, 3.63) is 29.8 Å². The van der Waals surface area contributed by atoms with Crippen LogP contribution in [0.1, 0.15) is 32.3 Å². The number of rotatable bonds is 8. The van der Waals surface area contributed by atoms with Gasteiger partial charge >= 0.3 is 6.18 Å². The third kappa shape index (κ3) is 7.40. The normalized spacial score (nSPS) is 18.3. The third-order valence-electron chi connectivity index (χ3n) is 4.61. The molecule has 1 aliphatic rings. The number of aliphatic hydroxyl groups is 1. The molecule has 0 bridgehead atoms. The molecular weight excluding hydrogens is 401 g/mol. The number of aliphatic imine (C=N–C) groups is 1. The Labute approximate surface area is 174 Å². The van der Waals surface area contributed by atoms with Gasteiger partial charge < -0.3 is 25.4 Å². The van der Waals surface area contributed by atoms with Crippen LogP contribution in [0.25, 0.3) is 0 Å². The Kier molecular flexibility index (Phi) is 8.76. The fraction of sp³-hybridized carbons (Fsp3) is 0.600. The average molecular weight is 430 g/mol. The molecule has 0 aromatic heterocycles. The minimum atomic E-state index is -4.40. The monoisotopic (exact) mass is 430 g/mol. The minimum absolute atomic E-state index is 0.0558. The van der Waals surface area contributed by atoms with E-state index in [2.05, 4.69) is 15.6 Å². The van der Waals surface area contributed by atoms with E-state index >= 15 is 0 Å². The first-order valence-corrected chi connectivity index (χ1v) is 10.0. The summed E-state index contributed by atoms with van der Waals surface area (Å²) >= 11 is 0. The molecule has 1 fully saturated rings. The van der Waals surface area contributed by atoms with Gasteiger partial charge in [0.2, 0.25) is 5.91 Å². The van der Waals surface area contributed by atoms with Crippen molar-refractivity contribution in [2.75, 3.05) is 32.8 Å². The molecule has 30 heavy (non-hydrogen) atoms. The van der Waals surface area contributed by atoms with E-state index in [0.29, 0.717) is 32.0 Å². The zero-order valence-corrected chi connectivity index (χ0v) is 17.2. The Balaban J connectivity index is 1.81. The molecule has 168 valence electrons. The van der Waals surface area contributed by atoms with Crippen molar-refractivity contribution in [3.63, 3.8) is 0 Å². The molecule has 2 rings (SSSR count). The molecule has 3 N–H and O–H groups in total. The molecule has 7 nitrogen and oxygen atoms in total. The second-order valence-electron chi connectivity index (χ2n) is 7.03. The van der Waals surface area contributed by atoms with Gasteiger partial charge in [-0.1, -0.05) is 6.92 Å². The predicted octanol–water partition coefficient (Wildman–Crippen LogP) is 2.01. The quantitative estimate of drug-likeness (QED) is 0.434. The molecule has 2 unspecified atom stereocenters. The Morgan fingerprint density at radius 3 is 2.63 bits per heavy atom. The maximum absolute atomic E-state index is 12.6. The van der Waals surface area contributed by atoms with Gasteiger partial charge in [0.1, 0.15) is 18.5 Å². The van der Waals surface area contributed by atoms with E-state index < -0.39 is 17.8 Å². The van der Waals surface area contributed by atoms with E-state index in [9.17, 15) is 23.1 Å². The summed E-state index contributed by atoms with van der Waals surface area (Å²) in [6.07, 6.45) is -4.03. The van der Waals surface area contributed by atoms with Gasteiger partial charge in [-0.05, 0) is 37.6 Å². The SMILES string of the molecule is CCNC(=NCC(O)COc1ccc(C(F)(F)F)cc1)NC1CCN(C(=O)CC)C1. The number of aliphatic hydroxyl groups excluding tert-OH is 1. The number of alkyl halides is 3. The zero-order chi connectivity index (χ0) is 22.1. The maximum Gasteiger partial charge on any atom is 0.416 e. The summed E-state index contributed by atoms with van der Waals surface area (Å²) in [6.45, 7) is 5.65. The number of amides is 1. The Bertz CT molecular complexity index is 710. The number of guanidine groups is 1. The van der Waals surface area contributed by atoms with Crippen molar-refractivity contribution < 1.29 is 27.8 Å². The molecule has 1 saturated heterocycles. The van der Waals surface area contributed by atoms with Gasteiger partial charge in [-0.15, -0.1) is 0 Å². The van der Waals surface area contributed by atoms with Crippen LogP contribution in [0.3, 0.4) is 0 Å². The van der Waals surface area contributed by atoms with Crippen LogP contribution in [0.5, 0.6) is 5.75 Å². The third-order valence-corrected chi connectivity index (χ3v) is 4.61. The van der Waals surface area contributed by atoms with Crippen molar-refractivity contribution in [1.82, 2.24) is 15.5 Å². The number of halogens is 3. The molecule has 10 heteroatoms. The van der Waals surface area contributed by atoms with Gasteiger partial charge in [-0.2, -0.15) is 13.2 Å². The predicted molar refractivity (Wildman–Crippen MR) is 107 cm³/mol. The molecule has 0 spiro atoms. The van der Waals surface area contributed by atoms with Crippen LogP contribution in [-0.4, -0.2) is 66.8 Å². The number of hydrogen-bond donors (Lipinski definition) is 3. The summed E-state index contributed by atoms with van der Waals surface area (Å²) < 4.78 is 43.1. The summed E-state index contributed by atoms with van der Waals surface area (Å²) in [5.41, 5.74) is -0.757. The summed E-state index contributed by atoms with van der Waals surface area (Å²) in [4.78, 5) is 17.9. The largest absolute Gasteiger partial charge is 0.491 e. The first-order valence-electron chi connectivity index (χ1n) is 10.0. The average Bonchev–Trinajstić information content (AvgIpc) is 3.18. The summed E-state index contributed by atoms with van der Waals surface area (Å²) in [6, 6.07) is 4.38. The number of hydrogen-bond acceptors (Lipinski definition) is 4. The lowest BCUT2D eigenvalue weighted by Gasteiger charge is -2.19. The molecule has 0 radical (unpaired) electrons. The topological polar surface area (TPSA) is 86.2 Å². The maximum atomic E-state index is 12.6. The zero-order valence-electron chi connectivity index (χ0n) is 17.2. The first kappa shape index (κ1) is 23.8.